The van der Waals surface area contributed by atoms with Crippen LogP contribution in [0.4, 0.5) is 0 Å². The average Bonchev–Trinajstić information content (AvgIpc) is 3.66. The van der Waals surface area contributed by atoms with Crippen molar-refractivity contribution in [1.29, 1.82) is 0 Å². The largest absolute Gasteiger partial charge is 0.496 e. The molecule has 2 aliphatic carbocycles. The molecule has 3 aliphatic rings. The van der Waals surface area contributed by atoms with Crippen molar-refractivity contribution in [3.63, 3.8) is 0 Å². The fraction of sp³-hybridized carbons (Fsp3) is 0.556. The van der Waals surface area contributed by atoms with E-state index < -0.39 is 5.54 Å². The Balaban J connectivity index is 1.37. The summed E-state index contributed by atoms with van der Waals surface area (Å²) in [7, 11) is 1.60. The fourth-order valence-corrected chi connectivity index (χ4v) is 5.61. The predicted octanol–water partition coefficient (Wildman–Crippen LogP) is 3.04. The summed E-state index contributed by atoms with van der Waals surface area (Å²) in [6, 6.07) is 7.63. The lowest BCUT2D eigenvalue weighted by Crippen LogP contribution is -2.64. The smallest absolute Gasteiger partial charge is 0.274 e. The molecule has 9 nitrogen and oxygen atoms in total. The van der Waals surface area contributed by atoms with Gasteiger partial charge in [-0.05, 0) is 38.7 Å². The number of rotatable bonds is 7. The standard InChI is InChI=1S/C27H35N5O4/c1-27(26(35)28-15-18-9-7-8-12-21(18)36-2)16-31-17-29-22(23(31)25(34)32(27)20-13-14-20)24(33)30-19-10-5-3-4-6-11-19/h7-9,12,17,19-20H,3-6,10-11,13-16H2,1-2H3,(H,28,35)(H,30,33)/t27-/m1/s1. The second-order valence-electron chi connectivity index (χ2n) is 10.4. The molecule has 1 aromatic carbocycles. The van der Waals surface area contributed by atoms with Crippen molar-refractivity contribution in [2.24, 2.45) is 0 Å². The molecule has 5 rings (SSSR count). The van der Waals surface area contributed by atoms with Gasteiger partial charge in [-0.1, -0.05) is 43.9 Å². The first kappa shape index (κ1) is 24.3. The number of hydrogen-bond acceptors (Lipinski definition) is 5. The minimum atomic E-state index is -1.09. The Hall–Kier alpha value is -3.36. The van der Waals surface area contributed by atoms with E-state index in [1.165, 1.54) is 19.2 Å². The molecule has 192 valence electrons. The molecular formula is C27H35N5O4. The molecule has 2 N–H and O–H groups in total. The summed E-state index contributed by atoms with van der Waals surface area (Å²) in [4.78, 5) is 46.6. The normalized spacial score (nSPS) is 22.5. The van der Waals surface area contributed by atoms with E-state index >= 15 is 0 Å². The Kier molecular flexibility index (Phi) is 6.73. The van der Waals surface area contributed by atoms with Gasteiger partial charge in [0.1, 0.15) is 17.0 Å². The second-order valence-corrected chi connectivity index (χ2v) is 10.4. The lowest BCUT2D eigenvalue weighted by Gasteiger charge is -2.44. The molecule has 9 heteroatoms. The molecule has 2 saturated carbocycles. The van der Waals surface area contributed by atoms with Crippen LogP contribution in [0.5, 0.6) is 5.75 Å². The fourth-order valence-electron chi connectivity index (χ4n) is 5.61. The van der Waals surface area contributed by atoms with Crippen LogP contribution >= 0.6 is 0 Å². The van der Waals surface area contributed by atoms with Crippen molar-refractivity contribution in [3.05, 3.63) is 47.5 Å². The highest BCUT2D eigenvalue weighted by molar-refractivity contribution is 6.07. The number of fused-ring (bicyclic) bond motifs is 1. The van der Waals surface area contributed by atoms with Crippen molar-refractivity contribution in [1.82, 2.24) is 25.1 Å². The molecule has 0 bridgehead atoms. The first-order chi connectivity index (χ1) is 17.4. The molecule has 1 aliphatic heterocycles. The molecule has 0 radical (unpaired) electrons. The summed E-state index contributed by atoms with van der Waals surface area (Å²) >= 11 is 0. The second kappa shape index (κ2) is 9.95. The van der Waals surface area contributed by atoms with E-state index in [1.54, 1.807) is 23.5 Å². The molecule has 1 atom stereocenters. The monoisotopic (exact) mass is 493 g/mol. The van der Waals surface area contributed by atoms with Crippen LogP contribution in [0, 0.1) is 0 Å². The lowest BCUT2D eigenvalue weighted by molar-refractivity contribution is -0.133. The first-order valence-corrected chi connectivity index (χ1v) is 13.0. The number of imidazole rings is 1. The van der Waals surface area contributed by atoms with Crippen LogP contribution in [0.3, 0.4) is 0 Å². The number of methoxy groups -OCH3 is 1. The zero-order valence-corrected chi connectivity index (χ0v) is 21.1. The molecule has 3 amide bonds. The summed E-state index contributed by atoms with van der Waals surface area (Å²) in [5, 5.41) is 6.12. The molecule has 36 heavy (non-hydrogen) atoms. The number of carbonyl (C=O) groups excluding carboxylic acids is 3. The first-order valence-electron chi connectivity index (χ1n) is 13.0. The topological polar surface area (TPSA) is 106 Å². The summed E-state index contributed by atoms with van der Waals surface area (Å²) in [6.45, 7) is 2.33. The Morgan fingerprint density at radius 2 is 1.83 bits per heavy atom. The van der Waals surface area contributed by atoms with Crippen LogP contribution in [0.25, 0.3) is 0 Å². The number of nitrogens with zero attached hydrogens (tertiary/aromatic N) is 3. The number of nitrogens with one attached hydrogen (secondary N) is 2. The Labute approximate surface area is 211 Å². The van der Waals surface area contributed by atoms with Crippen molar-refractivity contribution in [2.45, 2.75) is 89.0 Å². The molecule has 1 aromatic heterocycles. The van der Waals surface area contributed by atoms with E-state index in [1.807, 2.05) is 24.3 Å². The maximum absolute atomic E-state index is 13.8. The third-order valence-corrected chi connectivity index (χ3v) is 7.71. The zero-order chi connectivity index (χ0) is 25.3. The van der Waals surface area contributed by atoms with E-state index in [-0.39, 0.29) is 54.3 Å². The van der Waals surface area contributed by atoms with Gasteiger partial charge in [-0.3, -0.25) is 14.4 Å². The number of aromatic nitrogens is 2. The Morgan fingerprint density at radius 3 is 2.53 bits per heavy atom. The lowest BCUT2D eigenvalue weighted by atomic mass is 9.93. The Bertz CT molecular complexity index is 1150. The van der Waals surface area contributed by atoms with Gasteiger partial charge >= 0.3 is 0 Å². The summed E-state index contributed by atoms with van der Waals surface area (Å²) in [5.41, 5.74) is 0.204. The third-order valence-electron chi connectivity index (χ3n) is 7.71. The summed E-state index contributed by atoms with van der Waals surface area (Å²) in [6.07, 6.45) is 9.70. The Morgan fingerprint density at radius 1 is 1.11 bits per heavy atom. The summed E-state index contributed by atoms with van der Waals surface area (Å²) < 4.78 is 7.07. The average molecular weight is 494 g/mol. The number of hydrogen-bond donors (Lipinski definition) is 2. The van der Waals surface area contributed by atoms with E-state index in [0.717, 1.165) is 44.1 Å². The van der Waals surface area contributed by atoms with E-state index in [9.17, 15) is 14.4 Å². The van der Waals surface area contributed by atoms with Crippen LogP contribution < -0.4 is 15.4 Å². The molecule has 2 fully saturated rings. The van der Waals surface area contributed by atoms with Crippen molar-refractivity contribution < 1.29 is 19.1 Å². The van der Waals surface area contributed by atoms with Crippen molar-refractivity contribution >= 4 is 17.7 Å². The third kappa shape index (κ3) is 4.58. The number of ether oxygens (including phenoxy) is 1. The highest BCUT2D eigenvalue weighted by Crippen LogP contribution is 2.39. The SMILES string of the molecule is COc1ccccc1CNC(=O)[C@@]1(C)Cn2cnc(C(=O)NC3CCCCCC3)c2C(=O)N1C1CC1. The minimum absolute atomic E-state index is 0.0130. The molecular weight excluding hydrogens is 458 g/mol. The van der Waals surface area contributed by atoms with Crippen LogP contribution in [0.15, 0.2) is 30.6 Å². The highest BCUT2D eigenvalue weighted by atomic mass is 16.5. The van der Waals surface area contributed by atoms with Crippen LogP contribution in [0.1, 0.15) is 84.8 Å². The minimum Gasteiger partial charge on any atom is -0.496 e. The van der Waals surface area contributed by atoms with Crippen LogP contribution in [-0.4, -0.2) is 56.9 Å². The predicted molar refractivity (Wildman–Crippen MR) is 134 cm³/mol. The van der Waals surface area contributed by atoms with E-state index in [0.29, 0.717) is 5.75 Å². The van der Waals surface area contributed by atoms with Gasteiger partial charge in [0.15, 0.2) is 5.69 Å². The molecule has 0 saturated heterocycles. The van der Waals surface area contributed by atoms with E-state index in [4.69, 9.17) is 4.74 Å². The van der Waals surface area contributed by atoms with Gasteiger partial charge in [-0.25, -0.2) is 4.98 Å². The maximum atomic E-state index is 13.8. The number of benzene rings is 1. The number of carbonyl (C=O) groups is 3. The van der Waals surface area contributed by atoms with Gasteiger partial charge in [0, 0.05) is 24.2 Å². The van der Waals surface area contributed by atoms with Gasteiger partial charge in [0.2, 0.25) is 5.91 Å². The van der Waals surface area contributed by atoms with E-state index in [2.05, 4.69) is 15.6 Å². The van der Waals surface area contributed by atoms with Gasteiger partial charge in [-0.2, -0.15) is 0 Å². The number of para-hydroxylation sites is 1. The maximum Gasteiger partial charge on any atom is 0.274 e. The van der Waals surface area contributed by atoms with Gasteiger partial charge in [0.05, 0.1) is 20.0 Å². The van der Waals surface area contributed by atoms with Crippen molar-refractivity contribution in [3.8, 4) is 5.75 Å². The van der Waals surface area contributed by atoms with Gasteiger partial charge in [-0.15, -0.1) is 0 Å². The van der Waals surface area contributed by atoms with Gasteiger partial charge in [0.25, 0.3) is 11.8 Å². The summed E-state index contributed by atoms with van der Waals surface area (Å²) in [5.74, 6) is -0.147. The van der Waals surface area contributed by atoms with Crippen LogP contribution in [0.2, 0.25) is 0 Å². The van der Waals surface area contributed by atoms with Crippen LogP contribution in [-0.2, 0) is 17.9 Å². The molecule has 0 unspecified atom stereocenters. The quantitative estimate of drug-likeness (QED) is 0.577. The number of amides is 3. The molecule has 2 aromatic rings. The van der Waals surface area contributed by atoms with Crippen molar-refractivity contribution in [2.75, 3.05) is 7.11 Å². The highest BCUT2D eigenvalue weighted by Gasteiger charge is 2.53. The molecule has 0 spiro atoms. The zero-order valence-electron chi connectivity index (χ0n) is 21.1. The molecule has 2 heterocycles. The van der Waals surface area contributed by atoms with Gasteiger partial charge < -0.3 is 24.8 Å².